The Hall–Kier alpha value is -3.09. The average Bonchev–Trinajstić information content (AvgIpc) is 2.92. The molecule has 26 heavy (non-hydrogen) atoms. The number of fused-ring (bicyclic) bond motifs is 1. The molecule has 0 saturated heterocycles. The van der Waals surface area contributed by atoms with Gasteiger partial charge in [-0.3, -0.25) is 0 Å². The molecule has 1 amide bonds. The van der Waals surface area contributed by atoms with Crippen molar-refractivity contribution in [2.45, 2.75) is 39.8 Å². The number of hydrogen-bond donors (Lipinski definition) is 2. The van der Waals surface area contributed by atoms with E-state index in [4.69, 9.17) is 4.74 Å². The number of aromatic hydroxyl groups is 1. The fourth-order valence-corrected chi connectivity index (χ4v) is 2.68. The van der Waals surface area contributed by atoms with Crippen molar-refractivity contribution in [3.63, 3.8) is 0 Å². The highest BCUT2D eigenvalue weighted by atomic mass is 16.6. The van der Waals surface area contributed by atoms with E-state index in [2.05, 4.69) is 15.6 Å². The van der Waals surface area contributed by atoms with Crippen molar-refractivity contribution in [2.75, 3.05) is 0 Å². The second kappa shape index (κ2) is 6.67. The van der Waals surface area contributed by atoms with Gasteiger partial charge in [-0.2, -0.15) is 0 Å². The molecule has 2 aromatic heterocycles. The lowest BCUT2D eigenvalue weighted by molar-refractivity contribution is 0.0523. The van der Waals surface area contributed by atoms with E-state index in [0.29, 0.717) is 6.54 Å². The zero-order valence-electron chi connectivity index (χ0n) is 15.3. The van der Waals surface area contributed by atoms with Gasteiger partial charge < -0.3 is 15.2 Å². The second-order valence-corrected chi connectivity index (χ2v) is 7.17. The van der Waals surface area contributed by atoms with Gasteiger partial charge in [-0.25, -0.2) is 9.31 Å². The van der Waals surface area contributed by atoms with Crippen LogP contribution in [0.4, 0.5) is 4.79 Å². The second-order valence-electron chi connectivity index (χ2n) is 7.17. The molecule has 7 heteroatoms. The molecular formula is C19H22N4O3. The number of nitrogens with zero attached hydrogens (tertiary/aromatic N) is 3. The molecule has 0 unspecified atom stereocenters. The van der Waals surface area contributed by atoms with Crippen molar-refractivity contribution in [2.24, 2.45) is 0 Å². The van der Waals surface area contributed by atoms with Gasteiger partial charge in [0.05, 0.1) is 17.9 Å². The number of alkyl carbamates (subject to hydrolysis) is 1. The Morgan fingerprint density at radius 2 is 2.08 bits per heavy atom. The molecule has 0 aliphatic rings. The van der Waals surface area contributed by atoms with Crippen LogP contribution in [0.3, 0.4) is 0 Å². The van der Waals surface area contributed by atoms with Crippen LogP contribution >= 0.6 is 0 Å². The SMILES string of the molecule is Cc1cc(-c2cnnn3cc(O)cc23)ccc1CNC(=O)OC(C)(C)C. The third-order valence-electron chi connectivity index (χ3n) is 3.87. The van der Waals surface area contributed by atoms with Crippen molar-refractivity contribution >= 4 is 11.6 Å². The Kier molecular flexibility index (Phi) is 4.54. The molecule has 0 fully saturated rings. The van der Waals surface area contributed by atoms with Gasteiger partial charge in [0.1, 0.15) is 11.4 Å². The number of rotatable bonds is 3. The highest BCUT2D eigenvalue weighted by Crippen LogP contribution is 2.28. The fraction of sp³-hybridized carbons (Fsp3) is 0.316. The van der Waals surface area contributed by atoms with E-state index in [1.54, 1.807) is 12.3 Å². The normalized spacial score (nSPS) is 11.5. The molecule has 7 nitrogen and oxygen atoms in total. The lowest BCUT2D eigenvalue weighted by atomic mass is 10.0. The molecule has 2 heterocycles. The first kappa shape index (κ1) is 17.7. The largest absolute Gasteiger partial charge is 0.506 e. The predicted octanol–water partition coefficient (Wildman–Crippen LogP) is 3.44. The van der Waals surface area contributed by atoms with Crippen molar-refractivity contribution in [1.82, 2.24) is 20.1 Å². The molecular weight excluding hydrogens is 332 g/mol. The van der Waals surface area contributed by atoms with Gasteiger partial charge in [0.2, 0.25) is 0 Å². The van der Waals surface area contributed by atoms with Crippen LogP contribution in [0.25, 0.3) is 16.6 Å². The van der Waals surface area contributed by atoms with E-state index in [1.807, 2.05) is 45.9 Å². The number of hydrogen-bond acceptors (Lipinski definition) is 5. The Morgan fingerprint density at radius 3 is 2.77 bits per heavy atom. The highest BCUT2D eigenvalue weighted by molar-refractivity contribution is 5.80. The maximum absolute atomic E-state index is 11.8. The van der Waals surface area contributed by atoms with E-state index in [9.17, 15) is 9.90 Å². The van der Waals surface area contributed by atoms with Gasteiger partial charge >= 0.3 is 6.09 Å². The maximum atomic E-state index is 11.8. The Labute approximate surface area is 151 Å². The van der Waals surface area contributed by atoms with E-state index >= 15 is 0 Å². The van der Waals surface area contributed by atoms with E-state index < -0.39 is 11.7 Å². The molecule has 2 N–H and O–H groups in total. The minimum atomic E-state index is -0.522. The summed E-state index contributed by atoms with van der Waals surface area (Å²) in [6.45, 7) is 7.86. The van der Waals surface area contributed by atoms with Crippen LogP contribution in [-0.2, 0) is 11.3 Å². The smallest absolute Gasteiger partial charge is 0.407 e. The molecule has 0 bridgehead atoms. The molecule has 1 aromatic carbocycles. The molecule has 0 atom stereocenters. The summed E-state index contributed by atoms with van der Waals surface area (Å²) in [6.07, 6.45) is 2.74. The van der Waals surface area contributed by atoms with E-state index in [1.165, 1.54) is 10.7 Å². The first-order chi connectivity index (χ1) is 12.2. The zero-order valence-corrected chi connectivity index (χ0v) is 15.3. The molecule has 0 radical (unpaired) electrons. The Bertz CT molecular complexity index is 957. The quantitative estimate of drug-likeness (QED) is 0.752. The van der Waals surface area contributed by atoms with Crippen LogP contribution in [-0.4, -0.2) is 31.6 Å². The summed E-state index contributed by atoms with van der Waals surface area (Å²) in [5, 5.41) is 20.4. The zero-order chi connectivity index (χ0) is 18.9. The lowest BCUT2D eigenvalue weighted by Gasteiger charge is -2.20. The summed E-state index contributed by atoms with van der Waals surface area (Å²) in [5.74, 6) is 0.140. The topological polar surface area (TPSA) is 88.8 Å². The van der Waals surface area contributed by atoms with Crippen LogP contribution in [0.5, 0.6) is 5.75 Å². The molecule has 0 aliphatic heterocycles. The molecule has 3 rings (SSSR count). The predicted molar refractivity (Wildman–Crippen MR) is 97.9 cm³/mol. The van der Waals surface area contributed by atoms with E-state index in [-0.39, 0.29) is 5.75 Å². The van der Waals surface area contributed by atoms with Crippen LogP contribution in [0, 0.1) is 6.92 Å². The number of ether oxygens (including phenoxy) is 1. The third kappa shape index (κ3) is 3.93. The standard InChI is InChI=1S/C19H22N4O3/c1-12-7-13(16-10-21-22-23-11-15(24)8-17(16)23)5-6-14(12)9-20-18(25)26-19(2,3)4/h5-8,10-11,24H,9H2,1-4H3,(H,20,25). The van der Waals surface area contributed by atoms with Gasteiger partial charge in [0, 0.05) is 18.2 Å². The van der Waals surface area contributed by atoms with Crippen molar-refractivity contribution in [3.05, 3.63) is 47.8 Å². The summed E-state index contributed by atoms with van der Waals surface area (Å²) < 4.78 is 6.79. The first-order valence-corrected chi connectivity index (χ1v) is 8.33. The van der Waals surface area contributed by atoms with Crippen LogP contribution in [0.15, 0.2) is 36.7 Å². The van der Waals surface area contributed by atoms with Crippen LogP contribution in [0.1, 0.15) is 31.9 Å². The minimum Gasteiger partial charge on any atom is -0.506 e. The summed E-state index contributed by atoms with van der Waals surface area (Å²) in [7, 11) is 0. The highest BCUT2D eigenvalue weighted by Gasteiger charge is 2.16. The molecule has 0 saturated carbocycles. The summed E-state index contributed by atoms with van der Waals surface area (Å²) >= 11 is 0. The Balaban J connectivity index is 1.80. The van der Waals surface area contributed by atoms with Gasteiger partial charge in [-0.05, 0) is 44.4 Å². The number of amides is 1. The molecule has 136 valence electrons. The van der Waals surface area contributed by atoms with Crippen LogP contribution < -0.4 is 5.32 Å². The molecule has 0 aliphatic carbocycles. The minimum absolute atomic E-state index is 0.140. The lowest BCUT2D eigenvalue weighted by Crippen LogP contribution is -2.32. The summed E-state index contributed by atoms with van der Waals surface area (Å²) in [4.78, 5) is 11.8. The van der Waals surface area contributed by atoms with Crippen molar-refractivity contribution < 1.29 is 14.6 Å². The maximum Gasteiger partial charge on any atom is 0.407 e. The van der Waals surface area contributed by atoms with Crippen molar-refractivity contribution in [1.29, 1.82) is 0 Å². The number of carbonyl (C=O) groups is 1. The van der Waals surface area contributed by atoms with Gasteiger partial charge in [0.15, 0.2) is 0 Å². The first-order valence-electron chi connectivity index (χ1n) is 8.33. The Morgan fingerprint density at radius 1 is 1.31 bits per heavy atom. The molecule has 0 spiro atoms. The van der Waals surface area contributed by atoms with Crippen LogP contribution in [0.2, 0.25) is 0 Å². The summed E-state index contributed by atoms with van der Waals surface area (Å²) in [5.41, 5.74) is 4.11. The summed E-state index contributed by atoms with van der Waals surface area (Å²) in [6, 6.07) is 7.59. The number of aromatic nitrogens is 3. The monoisotopic (exact) mass is 354 g/mol. The number of carbonyl (C=O) groups excluding carboxylic acids is 1. The third-order valence-corrected chi connectivity index (χ3v) is 3.87. The van der Waals surface area contributed by atoms with Gasteiger partial charge in [-0.15, -0.1) is 5.10 Å². The number of benzene rings is 1. The number of aryl methyl sites for hydroxylation is 1. The van der Waals surface area contributed by atoms with Gasteiger partial charge in [0.25, 0.3) is 0 Å². The molecule has 3 aromatic rings. The average molecular weight is 354 g/mol. The van der Waals surface area contributed by atoms with E-state index in [0.717, 1.165) is 27.8 Å². The fourth-order valence-electron chi connectivity index (χ4n) is 2.68. The number of nitrogens with one attached hydrogen (secondary N) is 1. The van der Waals surface area contributed by atoms with Gasteiger partial charge in [-0.1, -0.05) is 23.4 Å². The van der Waals surface area contributed by atoms with Crippen molar-refractivity contribution in [3.8, 4) is 16.9 Å².